The molecule has 0 aliphatic heterocycles. The number of hydrogen-bond donors (Lipinski definition) is 2. The van der Waals surface area contributed by atoms with Gasteiger partial charge in [0.25, 0.3) is 5.91 Å². The number of furan rings is 1. The second-order valence-corrected chi connectivity index (χ2v) is 4.83. The molecule has 2 amide bonds. The second kappa shape index (κ2) is 5.46. The van der Waals surface area contributed by atoms with Crippen molar-refractivity contribution < 1.29 is 18.4 Å². The van der Waals surface area contributed by atoms with Crippen molar-refractivity contribution in [2.75, 3.05) is 5.32 Å². The van der Waals surface area contributed by atoms with Gasteiger partial charge in [-0.15, -0.1) is 0 Å². The van der Waals surface area contributed by atoms with Gasteiger partial charge in [0.15, 0.2) is 10.4 Å². The highest BCUT2D eigenvalue weighted by molar-refractivity contribution is 9.10. The Balaban J connectivity index is 2.33. The fourth-order valence-electron chi connectivity index (χ4n) is 1.57. The molecule has 0 radical (unpaired) electrons. The highest BCUT2D eigenvalue weighted by atomic mass is 79.9. The van der Waals surface area contributed by atoms with E-state index in [1.54, 1.807) is 6.07 Å². The zero-order valence-electron chi connectivity index (χ0n) is 10.4. The van der Waals surface area contributed by atoms with E-state index in [9.17, 15) is 14.0 Å². The summed E-state index contributed by atoms with van der Waals surface area (Å²) < 4.78 is 19.2. The third kappa shape index (κ3) is 2.88. The highest BCUT2D eigenvalue weighted by Crippen LogP contribution is 2.22. The average Bonchev–Trinajstić information content (AvgIpc) is 2.81. The van der Waals surface area contributed by atoms with E-state index in [4.69, 9.17) is 10.2 Å². The summed E-state index contributed by atoms with van der Waals surface area (Å²) in [5.41, 5.74) is 5.45. The number of anilines is 1. The molecule has 0 saturated carbocycles. The zero-order chi connectivity index (χ0) is 14.9. The van der Waals surface area contributed by atoms with Crippen molar-refractivity contribution in [1.29, 1.82) is 0 Å². The standard InChI is InChI=1S/C13H10BrFN2O3/c1-6-8(15)4-7(12(16)18)5-9(6)17-13(19)10-2-3-11(14)20-10/h2-5H,1H3,(H2,16,18)(H,17,19). The topological polar surface area (TPSA) is 85.3 Å². The third-order valence-corrected chi connectivity index (χ3v) is 3.10. The number of primary amides is 1. The molecule has 104 valence electrons. The first-order valence-corrected chi connectivity index (χ1v) is 6.34. The van der Waals surface area contributed by atoms with E-state index in [2.05, 4.69) is 21.2 Å². The first-order chi connectivity index (χ1) is 9.38. The van der Waals surface area contributed by atoms with Crippen molar-refractivity contribution in [2.24, 2.45) is 5.73 Å². The van der Waals surface area contributed by atoms with E-state index in [1.807, 2.05) is 0 Å². The van der Waals surface area contributed by atoms with Gasteiger partial charge in [0.05, 0.1) is 0 Å². The third-order valence-electron chi connectivity index (χ3n) is 2.67. The normalized spacial score (nSPS) is 10.3. The van der Waals surface area contributed by atoms with E-state index < -0.39 is 17.6 Å². The minimum Gasteiger partial charge on any atom is -0.444 e. The maximum Gasteiger partial charge on any atom is 0.291 e. The molecule has 3 N–H and O–H groups in total. The number of amides is 2. The molecule has 5 nitrogen and oxygen atoms in total. The van der Waals surface area contributed by atoms with Gasteiger partial charge in [0, 0.05) is 16.8 Å². The molecule has 2 aromatic rings. The second-order valence-electron chi connectivity index (χ2n) is 4.05. The van der Waals surface area contributed by atoms with Crippen LogP contribution >= 0.6 is 15.9 Å². The number of halogens is 2. The van der Waals surface area contributed by atoms with Crippen molar-refractivity contribution in [3.05, 3.63) is 51.6 Å². The van der Waals surface area contributed by atoms with Crippen LogP contribution in [0.15, 0.2) is 33.4 Å². The number of benzene rings is 1. The lowest BCUT2D eigenvalue weighted by atomic mass is 10.1. The SMILES string of the molecule is Cc1c(F)cc(C(N)=O)cc1NC(=O)c1ccc(Br)o1. The van der Waals surface area contributed by atoms with E-state index in [0.717, 1.165) is 6.07 Å². The van der Waals surface area contributed by atoms with Crippen molar-refractivity contribution in [3.63, 3.8) is 0 Å². The fraction of sp³-hybridized carbons (Fsp3) is 0.0769. The van der Waals surface area contributed by atoms with Crippen LogP contribution in [0.1, 0.15) is 26.5 Å². The summed E-state index contributed by atoms with van der Waals surface area (Å²) in [5.74, 6) is -1.90. The van der Waals surface area contributed by atoms with Crippen LogP contribution in [0.25, 0.3) is 0 Å². The van der Waals surface area contributed by atoms with E-state index in [1.165, 1.54) is 19.1 Å². The van der Waals surface area contributed by atoms with Crippen LogP contribution in [0.5, 0.6) is 0 Å². The van der Waals surface area contributed by atoms with Gasteiger partial charge in [0.1, 0.15) is 5.82 Å². The van der Waals surface area contributed by atoms with Crippen LogP contribution in [0, 0.1) is 12.7 Å². The molecule has 0 bridgehead atoms. The first kappa shape index (κ1) is 14.3. The molecule has 1 aromatic carbocycles. The molecule has 0 saturated heterocycles. The number of carbonyl (C=O) groups excluding carboxylic acids is 2. The van der Waals surface area contributed by atoms with Crippen LogP contribution in [-0.2, 0) is 0 Å². The molecular formula is C13H10BrFN2O3. The van der Waals surface area contributed by atoms with Gasteiger partial charge >= 0.3 is 0 Å². The summed E-state index contributed by atoms with van der Waals surface area (Å²) in [4.78, 5) is 23.0. The monoisotopic (exact) mass is 340 g/mol. The summed E-state index contributed by atoms with van der Waals surface area (Å²) >= 11 is 3.07. The molecule has 1 aromatic heterocycles. The minimum atomic E-state index is -0.778. The van der Waals surface area contributed by atoms with Crippen LogP contribution in [-0.4, -0.2) is 11.8 Å². The van der Waals surface area contributed by atoms with Crippen LogP contribution in [0.3, 0.4) is 0 Å². The van der Waals surface area contributed by atoms with E-state index in [0.29, 0.717) is 4.67 Å². The Morgan fingerprint density at radius 2 is 2.05 bits per heavy atom. The summed E-state index contributed by atoms with van der Waals surface area (Å²) in [5, 5.41) is 2.47. The molecule has 20 heavy (non-hydrogen) atoms. The molecule has 0 aliphatic rings. The van der Waals surface area contributed by atoms with Crippen molar-refractivity contribution in [3.8, 4) is 0 Å². The summed E-state index contributed by atoms with van der Waals surface area (Å²) in [6.45, 7) is 1.48. The van der Waals surface area contributed by atoms with E-state index >= 15 is 0 Å². The van der Waals surface area contributed by atoms with Crippen molar-refractivity contribution in [2.45, 2.75) is 6.92 Å². The van der Waals surface area contributed by atoms with Crippen LogP contribution in [0.4, 0.5) is 10.1 Å². The quantitative estimate of drug-likeness (QED) is 0.900. The smallest absolute Gasteiger partial charge is 0.291 e. The van der Waals surface area contributed by atoms with Crippen molar-refractivity contribution >= 4 is 33.4 Å². The fourth-order valence-corrected chi connectivity index (χ4v) is 1.88. The molecular weight excluding hydrogens is 331 g/mol. The average molecular weight is 341 g/mol. The molecule has 0 aliphatic carbocycles. The van der Waals surface area contributed by atoms with E-state index in [-0.39, 0.29) is 22.6 Å². The Hall–Kier alpha value is -2.15. The Kier molecular flexibility index (Phi) is 3.89. The lowest BCUT2D eigenvalue weighted by molar-refractivity contribution is 0.0987. The molecule has 1 heterocycles. The number of nitrogens with one attached hydrogen (secondary N) is 1. The zero-order valence-corrected chi connectivity index (χ0v) is 12.0. The van der Waals surface area contributed by atoms with Gasteiger partial charge in [-0.2, -0.15) is 0 Å². The molecule has 0 fully saturated rings. The largest absolute Gasteiger partial charge is 0.444 e. The Bertz CT molecular complexity index is 697. The van der Waals surface area contributed by atoms with Gasteiger partial charge in [0.2, 0.25) is 5.91 Å². The maximum absolute atomic E-state index is 13.7. The lowest BCUT2D eigenvalue weighted by Gasteiger charge is -2.09. The molecule has 0 atom stereocenters. The lowest BCUT2D eigenvalue weighted by Crippen LogP contribution is -2.16. The highest BCUT2D eigenvalue weighted by Gasteiger charge is 2.15. The predicted molar refractivity (Wildman–Crippen MR) is 74.0 cm³/mol. The number of carbonyl (C=O) groups is 2. The Morgan fingerprint density at radius 1 is 1.35 bits per heavy atom. The maximum atomic E-state index is 13.7. The summed E-state index contributed by atoms with van der Waals surface area (Å²) in [6, 6.07) is 5.36. The molecule has 2 rings (SSSR count). The van der Waals surface area contributed by atoms with Gasteiger partial charge in [-0.05, 0) is 47.1 Å². The molecule has 0 unspecified atom stereocenters. The Morgan fingerprint density at radius 3 is 2.60 bits per heavy atom. The number of nitrogens with two attached hydrogens (primary N) is 1. The van der Waals surface area contributed by atoms with Gasteiger partial charge < -0.3 is 15.5 Å². The Labute approximate surface area is 122 Å². The van der Waals surface area contributed by atoms with Crippen LogP contribution < -0.4 is 11.1 Å². The summed E-state index contributed by atoms with van der Waals surface area (Å²) in [6.07, 6.45) is 0. The minimum absolute atomic E-state index is 0.0241. The van der Waals surface area contributed by atoms with Crippen LogP contribution in [0.2, 0.25) is 0 Å². The number of rotatable bonds is 3. The van der Waals surface area contributed by atoms with Gasteiger partial charge in [-0.25, -0.2) is 4.39 Å². The predicted octanol–water partition coefficient (Wildman–Crippen LogP) is 2.84. The summed E-state index contributed by atoms with van der Waals surface area (Å²) in [7, 11) is 0. The molecule has 7 heteroatoms. The number of hydrogen-bond acceptors (Lipinski definition) is 3. The van der Waals surface area contributed by atoms with Gasteiger partial charge in [-0.3, -0.25) is 9.59 Å². The molecule has 0 spiro atoms. The first-order valence-electron chi connectivity index (χ1n) is 5.55. The van der Waals surface area contributed by atoms with Crippen molar-refractivity contribution in [1.82, 2.24) is 0 Å². The van der Waals surface area contributed by atoms with Gasteiger partial charge in [-0.1, -0.05) is 0 Å².